The van der Waals surface area contributed by atoms with E-state index in [1.807, 2.05) is 4.90 Å². The molecule has 10 heteroatoms. The molecule has 162 valence electrons. The molecule has 0 spiro atoms. The fourth-order valence-corrected chi connectivity index (χ4v) is 3.43. The highest BCUT2D eigenvalue weighted by Crippen LogP contribution is 2.33. The van der Waals surface area contributed by atoms with E-state index in [1.54, 1.807) is 24.0 Å². The van der Waals surface area contributed by atoms with Gasteiger partial charge in [0.05, 0.1) is 17.1 Å². The number of carbonyl (C=O) groups is 1. The van der Waals surface area contributed by atoms with Crippen LogP contribution in [0.5, 0.6) is 0 Å². The monoisotopic (exact) mass is 444 g/mol. The van der Waals surface area contributed by atoms with Gasteiger partial charge >= 0.3 is 6.18 Å². The van der Waals surface area contributed by atoms with E-state index in [2.05, 4.69) is 10.3 Å². The number of piperazine rings is 1. The van der Waals surface area contributed by atoms with E-state index >= 15 is 0 Å². The van der Waals surface area contributed by atoms with Crippen LogP contribution in [-0.4, -0.2) is 48.5 Å². The molecule has 1 fully saturated rings. The van der Waals surface area contributed by atoms with Crippen molar-refractivity contribution in [2.24, 2.45) is 0 Å². The first-order valence-electron chi connectivity index (χ1n) is 9.35. The molecule has 1 N–H and O–H groups in total. The third-order valence-corrected chi connectivity index (χ3v) is 5.19. The summed E-state index contributed by atoms with van der Waals surface area (Å²) < 4.78 is 51.8. The van der Waals surface area contributed by atoms with Crippen molar-refractivity contribution in [1.29, 1.82) is 0 Å². The number of benzene rings is 1. The van der Waals surface area contributed by atoms with Gasteiger partial charge in [0.2, 0.25) is 5.91 Å². The van der Waals surface area contributed by atoms with Crippen LogP contribution in [0.3, 0.4) is 0 Å². The molecule has 0 unspecified atom stereocenters. The van der Waals surface area contributed by atoms with Gasteiger partial charge in [-0.05, 0) is 30.2 Å². The number of rotatable bonds is 5. The lowest BCUT2D eigenvalue weighted by molar-refractivity contribution is -0.137. The number of nitrogens with one attached hydrogen (secondary N) is 1. The number of carbonyl (C=O) groups excluding carboxylic acids is 1. The van der Waals surface area contributed by atoms with E-state index in [0.717, 1.165) is 12.3 Å². The minimum atomic E-state index is -4.49. The minimum Gasteiger partial charge on any atom is -0.353 e. The number of hydrogen-bond acceptors (Lipinski definition) is 4. The van der Waals surface area contributed by atoms with Crippen LogP contribution in [0, 0.1) is 12.7 Å². The Balaban J connectivity index is 1.48. The van der Waals surface area contributed by atoms with Gasteiger partial charge in [0.1, 0.15) is 11.6 Å². The van der Waals surface area contributed by atoms with Crippen molar-refractivity contribution < 1.29 is 22.4 Å². The Morgan fingerprint density at radius 2 is 1.90 bits per heavy atom. The van der Waals surface area contributed by atoms with E-state index in [-0.39, 0.29) is 29.8 Å². The molecule has 0 aliphatic carbocycles. The maximum atomic E-state index is 13.6. The predicted octanol–water partition coefficient (Wildman–Crippen LogP) is 3.64. The number of amides is 1. The number of halogens is 5. The first-order valence-corrected chi connectivity index (χ1v) is 9.73. The van der Waals surface area contributed by atoms with Crippen molar-refractivity contribution in [2.75, 3.05) is 37.6 Å². The van der Waals surface area contributed by atoms with Crippen LogP contribution in [0.4, 0.5) is 23.4 Å². The van der Waals surface area contributed by atoms with Gasteiger partial charge in [-0.3, -0.25) is 9.69 Å². The summed E-state index contributed by atoms with van der Waals surface area (Å²) in [6.07, 6.45) is -3.72. The highest BCUT2D eigenvalue weighted by atomic mass is 35.5. The molecule has 5 nitrogen and oxygen atoms in total. The van der Waals surface area contributed by atoms with Gasteiger partial charge < -0.3 is 10.2 Å². The van der Waals surface area contributed by atoms with Gasteiger partial charge in [0.15, 0.2) is 0 Å². The van der Waals surface area contributed by atoms with Crippen molar-refractivity contribution in [3.63, 3.8) is 0 Å². The van der Waals surface area contributed by atoms with E-state index in [1.165, 1.54) is 6.07 Å². The van der Waals surface area contributed by atoms with Gasteiger partial charge in [0.25, 0.3) is 0 Å². The summed E-state index contributed by atoms with van der Waals surface area (Å²) in [5.74, 6) is -0.196. The molecule has 1 aliphatic heterocycles. The lowest BCUT2D eigenvalue weighted by atomic mass is 10.1. The molecule has 1 aliphatic rings. The molecule has 0 radical (unpaired) electrons. The quantitative estimate of drug-likeness (QED) is 0.715. The largest absolute Gasteiger partial charge is 0.417 e. The lowest BCUT2D eigenvalue weighted by Gasteiger charge is -2.35. The van der Waals surface area contributed by atoms with Crippen molar-refractivity contribution in [1.82, 2.24) is 15.2 Å². The van der Waals surface area contributed by atoms with Crippen LogP contribution in [0.15, 0.2) is 30.5 Å². The number of alkyl halides is 3. The summed E-state index contributed by atoms with van der Waals surface area (Å²) in [4.78, 5) is 19.8. The molecule has 30 heavy (non-hydrogen) atoms. The Kier molecular flexibility index (Phi) is 6.82. The number of aryl methyl sites for hydroxylation is 1. The third-order valence-electron chi connectivity index (χ3n) is 4.91. The average molecular weight is 445 g/mol. The highest BCUT2D eigenvalue weighted by Gasteiger charge is 2.32. The van der Waals surface area contributed by atoms with Gasteiger partial charge in [0, 0.05) is 38.9 Å². The number of nitrogens with zero attached hydrogens (tertiary/aromatic N) is 3. The molecule has 1 aromatic carbocycles. The van der Waals surface area contributed by atoms with Gasteiger partial charge in [-0.25, -0.2) is 9.37 Å². The summed E-state index contributed by atoms with van der Waals surface area (Å²) in [7, 11) is 0. The summed E-state index contributed by atoms with van der Waals surface area (Å²) >= 11 is 6.00. The molecule has 0 bridgehead atoms. The third kappa shape index (κ3) is 5.60. The van der Waals surface area contributed by atoms with E-state index in [0.29, 0.717) is 43.1 Å². The van der Waals surface area contributed by atoms with E-state index in [4.69, 9.17) is 11.6 Å². The van der Waals surface area contributed by atoms with E-state index < -0.39 is 11.7 Å². The molecular formula is C20H21ClF4N4O. The van der Waals surface area contributed by atoms with Crippen LogP contribution in [0.2, 0.25) is 5.02 Å². The second-order valence-corrected chi connectivity index (χ2v) is 7.56. The van der Waals surface area contributed by atoms with Crippen molar-refractivity contribution in [2.45, 2.75) is 19.6 Å². The molecule has 2 heterocycles. The Hall–Kier alpha value is -2.39. The van der Waals surface area contributed by atoms with Gasteiger partial charge in [-0.1, -0.05) is 23.7 Å². The first-order chi connectivity index (χ1) is 14.1. The average Bonchev–Trinajstić information content (AvgIpc) is 2.69. The number of anilines is 1. The Morgan fingerprint density at radius 3 is 2.50 bits per heavy atom. The number of aromatic nitrogens is 1. The van der Waals surface area contributed by atoms with Crippen LogP contribution >= 0.6 is 11.6 Å². The van der Waals surface area contributed by atoms with Crippen LogP contribution in [-0.2, 0) is 17.5 Å². The molecule has 3 rings (SSSR count). The predicted molar refractivity (Wildman–Crippen MR) is 106 cm³/mol. The standard InChI is InChI=1S/C20H21ClF4N4O/c1-13-2-3-14(8-17(13)22)10-26-18(30)12-28-4-6-29(7-5-28)19-16(21)9-15(11-27-19)20(23,24)25/h2-3,8-9,11H,4-7,10,12H2,1H3,(H,26,30). The normalized spacial score (nSPS) is 15.3. The molecular weight excluding hydrogens is 424 g/mol. The molecule has 1 saturated heterocycles. The SMILES string of the molecule is Cc1ccc(CNC(=O)CN2CCN(c3ncc(C(F)(F)F)cc3Cl)CC2)cc1F. The molecule has 1 aromatic heterocycles. The summed E-state index contributed by atoms with van der Waals surface area (Å²) in [6.45, 7) is 4.11. The van der Waals surface area contributed by atoms with Gasteiger partial charge in [-0.2, -0.15) is 13.2 Å². The number of hydrogen-bond donors (Lipinski definition) is 1. The van der Waals surface area contributed by atoms with E-state index in [9.17, 15) is 22.4 Å². The Morgan fingerprint density at radius 1 is 1.20 bits per heavy atom. The van der Waals surface area contributed by atoms with Crippen molar-refractivity contribution in [3.05, 3.63) is 58.0 Å². The minimum absolute atomic E-state index is 0.0543. The first kappa shape index (κ1) is 22.3. The number of pyridine rings is 1. The lowest BCUT2D eigenvalue weighted by Crippen LogP contribution is -2.49. The zero-order valence-electron chi connectivity index (χ0n) is 16.3. The fourth-order valence-electron chi connectivity index (χ4n) is 3.14. The second-order valence-electron chi connectivity index (χ2n) is 7.15. The molecule has 0 saturated carbocycles. The fraction of sp³-hybridized carbons (Fsp3) is 0.400. The van der Waals surface area contributed by atoms with Crippen molar-refractivity contribution in [3.8, 4) is 0 Å². The summed E-state index contributed by atoms with van der Waals surface area (Å²) in [5.41, 5.74) is 0.338. The second kappa shape index (κ2) is 9.18. The molecule has 1 amide bonds. The van der Waals surface area contributed by atoms with Crippen LogP contribution in [0.1, 0.15) is 16.7 Å². The maximum Gasteiger partial charge on any atom is 0.417 e. The topological polar surface area (TPSA) is 48.5 Å². The van der Waals surface area contributed by atoms with Crippen molar-refractivity contribution >= 4 is 23.3 Å². The maximum absolute atomic E-state index is 13.6. The zero-order valence-corrected chi connectivity index (χ0v) is 17.0. The highest BCUT2D eigenvalue weighted by molar-refractivity contribution is 6.33. The van der Waals surface area contributed by atoms with Crippen LogP contribution in [0.25, 0.3) is 0 Å². The summed E-state index contributed by atoms with van der Waals surface area (Å²) in [6, 6.07) is 5.70. The summed E-state index contributed by atoms with van der Waals surface area (Å²) in [5, 5.41) is 2.71. The van der Waals surface area contributed by atoms with Gasteiger partial charge in [-0.15, -0.1) is 0 Å². The zero-order chi connectivity index (χ0) is 21.9. The molecule has 0 atom stereocenters. The smallest absolute Gasteiger partial charge is 0.353 e. The van der Waals surface area contributed by atoms with Crippen LogP contribution < -0.4 is 10.2 Å². The molecule has 2 aromatic rings. The Bertz CT molecular complexity index is 914. The Labute approximate surface area is 176 Å².